The number of esters is 1. The van der Waals surface area contributed by atoms with Crippen LogP contribution < -0.4 is 16.0 Å². The smallest absolute Gasteiger partial charge is 0.349 e. The molecular weight excluding hydrogens is 510 g/mol. The van der Waals surface area contributed by atoms with Crippen molar-refractivity contribution in [2.45, 2.75) is 13.0 Å². The lowest BCUT2D eigenvalue weighted by molar-refractivity contribution is -0.147. The van der Waals surface area contributed by atoms with Crippen molar-refractivity contribution in [3.8, 4) is 5.75 Å². The number of rotatable bonds is 5. The normalized spacial score (nSPS) is 12.3. The number of halogens is 2. The number of aromatic nitrogens is 2. The molecule has 0 unspecified atom stereocenters. The Morgan fingerprint density at radius 2 is 1.86 bits per heavy atom. The van der Waals surface area contributed by atoms with E-state index < -0.39 is 23.3 Å². The van der Waals surface area contributed by atoms with Gasteiger partial charge < -0.3 is 14.5 Å². The van der Waals surface area contributed by atoms with Crippen LogP contribution in [0.5, 0.6) is 5.75 Å². The minimum atomic E-state index is -0.804. The molecule has 0 fully saturated rings. The van der Waals surface area contributed by atoms with E-state index in [9.17, 15) is 14.4 Å². The molecular formula is C19H15Br2N3O5. The lowest BCUT2D eigenvalue weighted by Crippen LogP contribution is -2.32. The first-order valence-corrected chi connectivity index (χ1v) is 9.92. The molecule has 0 aliphatic rings. The predicted octanol–water partition coefficient (Wildman–Crippen LogP) is 3.04. The van der Waals surface area contributed by atoms with E-state index in [0.717, 1.165) is 4.68 Å². The van der Waals surface area contributed by atoms with Gasteiger partial charge in [-0.2, -0.15) is 5.10 Å². The summed E-state index contributed by atoms with van der Waals surface area (Å²) in [7, 11) is 1.28. The molecule has 0 amide bonds. The van der Waals surface area contributed by atoms with Crippen LogP contribution in [0, 0.1) is 0 Å². The monoisotopic (exact) mass is 523 g/mol. The Bertz CT molecular complexity index is 1210. The molecule has 0 aliphatic carbocycles. The third kappa shape index (κ3) is 4.48. The van der Waals surface area contributed by atoms with Gasteiger partial charge in [0.15, 0.2) is 6.10 Å². The first-order valence-electron chi connectivity index (χ1n) is 8.33. The van der Waals surface area contributed by atoms with Gasteiger partial charge in [0.2, 0.25) is 0 Å². The molecule has 1 N–H and O–H groups in total. The van der Waals surface area contributed by atoms with Crippen LogP contribution in [0.4, 0.5) is 0 Å². The van der Waals surface area contributed by atoms with E-state index in [-0.39, 0.29) is 0 Å². The highest BCUT2D eigenvalue weighted by Crippen LogP contribution is 2.35. The van der Waals surface area contributed by atoms with Crippen LogP contribution >= 0.6 is 31.9 Å². The Balaban J connectivity index is 1.94. The SMILES string of the molecule is COC(=O)[C@@H](C)Oc1c(Br)cc(C=Nn2c(=O)[nH]c3ccccc3c2=O)cc1Br. The molecule has 3 rings (SSSR count). The molecule has 1 aromatic heterocycles. The van der Waals surface area contributed by atoms with Gasteiger partial charge >= 0.3 is 11.7 Å². The molecule has 150 valence electrons. The summed E-state index contributed by atoms with van der Waals surface area (Å²) >= 11 is 6.76. The molecule has 0 saturated heterocycles. The Hall–Kier alpha value is -2.72. The van der Waals surface area contributed by atoms with Crippen molar-refractivity contribution in [1.82, 2.24) is 9.66 Å². The summed E-state index contributed by atoms with van der Waals surface area (Å²) in [4.78, 5) is 38.9. The zero-order chi connectivity index (χ0) is 21.1. The average Bonchev–Trinajstić information content (AvgIpc) is 2.69. The quantitative estimate of drug-likeness (QED) is 0.408. The maximum absolute atomic E-state index is 12.5. The fourth-order valence-electron chi connectivity index (χ4n) is 2.54. The summed E-state index contributed by atoms with van der Waals surface area (Å²) in [6.07, 6.45) is 0.566. The number of methoxy groups -OCH3 is 1. The molecule has 10 heteroatoms. The number of nitrogens with one attached hydrogen (secondary N) is 1. The summed E-state index contributed by atoms with van der Waals surface area (Å²) in [5, 5.41) is 4.37. The van der Waals surface area contributed by atoms with E-state index in [0.29, 0.717) is 31.2 Å². The fourth-order valence-corrected chi connectivity index (χ4v) is 3.95. The summed E-state index contributed by atoms with van der Waals surface area (Å²) < 4.78 is 12.1. The molecule has 0 radical (unpaired) electrons. The van der Waals surface area contributed by atoms with Gasteiger partial charge in [0.05, 0.1) is 33.2 Å². The zero-order valence-corrected chi connectivity index (χ0v) is 18.5. The molecule has 8 nitrogen and oxygen atoms in total. The lowest BCUT2D eigenvalue weighted by atomic mass is 10.2. The summed E-state index contributed by atoms with van der Waals surface area (Å²) in [5.74, 6) is -0.106. The second-order valence-electron chi connectivity index (χ2n) is 5.93. The number of fused-ring (bicyclic) bond motifs is 1. The van der Waals surface area contributed by atoms with E-state index in [4.69, 9.17) is 4.74 Å². The summed E-state index contributed by atoms with van der Waals surface area (Å²) in [5.41, 5.74) is -0.137. The number of nitrogens with zero attached hydrogens (tertiary/aromatic N) is 2. The predicted molar refractivity (Wildman–Crippen MR) is 116 cm³/mol. The largest absolute Gasteiger partial charge is 0.477 e. The third-order valence-corrected chi connectivity index (χ3v) is 5.13. The van der Waals surface area contributed by atoms with Crippen LogP contribution in [-0.2, 0) is 9.53 Å². The minimum absolute atomic E-state index is 0.354. The third-order valence-electron chi connectivity index (χ3n) is 3.95. The minimum Gasteiger partial charge on any atom is -0.477 e. The first kappa shape index (κ1) is 21.0. The van der Waals surface area contributed by atoms with Crippen LogP contribution in [0.2, 0.25) is 0 Å². The number of benzene rings is 2. The van der Waals surface area contributed by atoms with Crippen molar-refractivity contribution >= 4 is 54.9 Å². The van der Waals surface area contributed by atoms with Crippen LogP contribution in [0.1, 0.15) is 12.5 Å². The molecule has 2 aromatic carbocycles. The van der Waals surface area contributed by atoms with Gasteiger partial charge in [0, 0.05) is 0 Å². The molecule has 0 saturated carbocycles. The maximum atomic E-state index is 12.5. The van der Waals surface area contributed by atoms with E-state index in [1.54, 1.807) is 43.3 Å². The van der Waals surface area contributed by atoms with Gasteiger partial charge in [-0.05, 0) is 68.6 Å². The van der Waals surface area contributed by atoms with Gasteiger partial charge in [-0.1, -0.05) is 12.1 Å². The van der Waals surface area contributed by atoms with Crippen LogP contribution in [-0.4, -0.2) is 35.1 Å². The number of hydrogen-bond donors (Lipinski definition) is 1. The van der Waals surface area contributed by atoms with Gasteiger partial charge in [0.25, 0.3) is 5.56 Å². The van der Waals surface area contributed by atoms with Gasteiger partial charge in [-0.15, -0.1) is 4.68 Å². The number of aromatic amines is 1. The standard InChI is InChI=1S/C19H15Br2N3O5/c1-10(18(26)28-2)29-16-13(20)7-11(8-14(16)21)9-22-24-17(25)12-5-3-4-6-15(12)23-19(24)27/h3-10H,1-2H3,(H,23,27)/t10-/m1/s1. The first-order chi connectivity index (χ1) is 13.8. The highest BCUT2D eigenvalue weighted by atomic mass is 79.9. The Morgan fingerprint density at radius 3 is 2.52 bits per heavy atom. The fraction of sp³-hybridized carbons (Fsp3) is 0.158. The number of carbonyl (C=O) groups excluding carboxylic acids is 1. The number of carbonyl (C=O) groups is 1. The average molecular weight is 525 g/mol. The van der Waals surface area contributed by atoms with Crippen LogP contribution in [0.3, 0.4) is 0 Å². The molecule has 29 heavy (non-hydrogen) atoms. The van der Waals surface area contributed by atoms with Crippen molar-refractivity contribution < 1.29 is 14.3 Å². The highest BCUT2D eigenvalue weighted by Gasteiger charge is 2.18. The molecule has 1 atom stereocenters. The zero-order valence-electron chi connectivity index (χ0n) is 15.3. The summed E-state index contributed by atoms with van der Waals surface area (Å²) in [6.45, 7) is 1.57. The highest BCUT2D eigenvalue weighted by molar-refractivity contribution is 9.11. The molecule has 1 heterocycles. The Morgan fingerprint density at radius 1 is 1.21 bits per heavy atom. The van der Waals surface area contributed by atoms with Crippen molar-refractivity contribution in [3.05, 3.63) is 71.7 Å². The van der Waals surface area contributed by atoms with Gasteiger partial charge in [-0.25, -0.2) is 9.59 Å². The van der Waals surface area contributed by atoms with Crippen molar-refractivity contribution in [1.29, 1.82) is 0 Å². The van der Waals surface area contributed by atoms with E-state index in [2.05, 4.69) is 46.7 Å². The Labute approximate surface area is 181 Å². The lowest BCUT2D eigenvalue weighted by Gasteiger charge is -2.15. The van der Waals surface area contributed by atoms with Crippen molar-refractivity contribution in [3.63, 3.8) is 0 Å². The Kier molecular flexibility index (Phi) is 6.33. The van der Waals surface area contributed by atoms with Gasteiger partial charge in [0.1, 0.15) is 5.75 Å². The second-order valence-corrected chi connectivity index (χ2v) is 7.64. The number of H-pyrrole nitrogens is 1. The number of hydrogen-bond acceptors (Lipinski definition) is 6. The van der Waals surface area contributed by atoms with Crippen molar-refractivity contribution in [2.24, 2.45) is 5.10 Å². The molecule has 0 spiro atoms. The maximum Gasteiger partial charge on any atom is 0.349 e. The van der Waals surface area contributed by atoms with Crippen LogP contribution in [0.15, 0.2) is 60.0 Å². The number of para-hydroxylation sites is 1. The summed E-state index contributed by atoms with van der Waals surface area (Å²) in [6, 6.07) is 10.0. The van der Waals surface area contributed by atoms with Crippen molar-refractivity contribution in [2.75, 3.05) is 7.11 Å². The van der Waals surface area contributed by atoms with E-state index in [1.807, 2.05) is 0 Å². The topological polar surface area (TPSA) is 103 Å². The number of ether oxygens (including phenoxy) is 2. The molecule has 0 aliphatic heterocycles. The van der Waals surface area contributed by atoms with E-state index in [1.165, 1.54) is 13.3 Å². The second kappa shape index (κ2) is 8.75. The van der Waals surface area contributed by atoms with Gasteiger partial charge in [-0.3, -0.25) is 4.79 Å². The molecule has 0 bridgehead atoms. The van der Waals surface area contributed by atoms with Crippen LogP contribution in [0.25, 0.3) is 10.9 Å². The molecule has 3 aromatic rings. The van der Waals surface area contributed by atoms with E-state index >= 15 is 0 Å².